The summed E-state index contributed by atoms with van der Waals surface area (Å²) in [7, 11) is -5.67. The van der Waals surface area contributed by atoms with Crippen molar-refractivity contribution in [1.82, 2.24) is 9.97 Å². The van der Waals surface area contributed by atoms with Crippen LogP contribution in [0.1, 0.15) is 45.2 Å². The van der Waals surface area contributed by atoms with Crippen molar-refractivity contribution < 1.29 is 38.7 Å². The number of nitrogens with zero attached hydrogens (tertiary/aromatic N) is 5. The zero-order valence-corrected chi connectivity index (χ0v) is 21.3. The van der Waals surface area contributed by atoms with Crippen molar-refractivity contribution in [3.8, 4) is 0 Å². The molecule has 14 heteroatoms. The third-order valence-electron chi connectivity index (χ3n) is 4.66. The number of unbranched alkanes of at least 4 members (excludes halogenated alkanes) is 2. The molecule has 0 aliphatic heterocycles. The van der Waals surface area contributed by atoms with Gasteiger partial charge in [-0.3, -0.25) is 4.72 Å². The van der Waals surface area contributed by atoms with Crippen molar-refractivity contribution in [1.29, 1.82) is 0 Å². The second-order valence-electron chi connectivity index (χ2n) is 7.24. The molecule has 8 nitrogen and oxygen atoms in total. The van der Waals surface area contributed by atoms with Crippen molar-refractivity contribution in [2.24, 2.45) is 10.2 Å². The minimum absolute atomic E-state index is 0. The number of alkyl halides is 3. The molecule has 0 aliphatic rings. The molecule has 1 heterocycles. The Morgan fingerprint density at radius 3 is 2.26 bits per heavy atom. The van der Waals surface area contributed by atoms with E-state index in [1.807, 2.05) is 18.7 Å². The monoisotopic (exact) mass is 569 g/mol. The molecule has 0 amide bonds. The van der Waals surface area contributed by atoms with Gasteiger partial charge in [0.2, 0.25) is 0 Å². The van der Waals surface area contributed by atoms with Gasteiger partial charge in [0.15, 0.2) is 5.82 Å². The molecule has 1 N–H and O–H groups in total. The van der Waals surface area contributed by atoms with Gasteiger partial charge in [-0.15, -0.1) is 10.2 Å². The van der Waals surface area contributed by atoms with Crippen LogP contribution in [-0.4, -0.2) is 37.0 Å². The molecule has 191 valence electrons. The van der Waals surface area contributed by atoms with E-state index in [1.54, 1.807) is 17.7 Å². The van der Waals surface area contributed by atoms with E-state index in [9.17, 15) is 21.6 Å². The van der Waals surface area contributed by atoms with Crippen molar-refractivity contribution in [3.05, 3.63) is 35.2 Å². The number of hydrogen-bond acceptors (Lipinski definition) is 7. The summed E-state index contributed by atoms with van der Waals surface area (Å²) in [6.45, 7) is 7.05. The predicted molar refractivity (Wildman–Crippen MR) is 123 cm³/mol. The number of anilines is 2. The Morgan fingerprint density at radius 2 is 1.71 bits per heavy atom. The normalized spacial score (nSPS) is 12.0. The van der Waals surface area contributed by atoms with E-state index in [-0.39, 0.29) is 39.3 Å². The number of rotatable bonds is 11. The van der Waals surface area contributed by atoms with Gasteiger partial charge >= 0.3 is 32.6 Å². The molecular weight excluding hydrogens is 544 g/mol. The number of aryl methyl sites for hydroxylation is 1. The molecule has 0 saturated carbocycles. The summed E-state index contributed by atoms with van der Waals surface area (Å²) >= 11 is 6.08. The summed E-state index contributed by atoms with van der Waals surface area (Å²) in [6, 6.07) is 4.40. The van der Waals surface area contributed by atoms with Gasteiger partial charge in [0, 0.05) is 18.8 Å². The van der Waals surface area contributed by atoms with Crippen LogP contribution in [0.15, 0.2) is 34.8 Å². The zero-order chi connectivity index (χ0) is 24.6. The van der Waals surface area contributed by atoms with Crippen LogP contribution in [0.5, 0.6) is 0 Å². The van der Waals surface area contributed by atoms with Crippen molar-refractivity contribution in [3.63, 3.8) is 0 Å². The Kier molecular flexibility index (Phi) is 11.7. The first-order valence-electron chi connectivity index (χ1n) is 10.4. The molecule has 0 fully saturated rings. The van der Waals surface area contributed by atoms with E-state index >= 15 is 0 Å². The minimum atomic E-state index is -5.67. The second kappa shape index (κ2) is 13.2. The third-order valence-corrected chi connectivity index (χ3v) is 6.20. The minimum Gasteiger partial charge on any atom is -0.371 e. The Labute approximate surface area is 212 Å². The fourth-order valence-electron chi connectivity index (χ4n) is 2.78. The standard InChI is InChI=1S/C20H26ClF3N6O2S.Cu/c1-4-6-10-30(11-7-5-2)15-8-9-16(17(12-15)29-33(31,32)20(22,23)24)27-28-19-18(21)14(3)25-13-26-19;/h8-9,12-13,29H,4-7,10-11H2,1-3H3;/q;+2. The molecule has 0 unspecified atom stereocenters. The molecule has 2 aromatic rings. The summed E-state index contributed by atoms with van der Waals surface area (Å²) in [5.74, 6) is 0.00499. The van der Waals surface area contributed by atoms with E-state index in [0.29, 0.717) is 24.5 Å². The summed E-state index contributed by atoms with van der Waals surface area (Å²) in [5, 5.41) is 7.91. The number of aromatic nitrogens is 2. The molecule has 0 aliphatic carbocycles. The smallest absolute Gasteiger partial charge is 0.371 e. The predicted octanol–water partition coefficient (Wildman–Crippen LogP) is 6.52. The van der Waals surface area contributed by atoms with E-state index < -0.39 is 15.5 Å². The Balaban J connectivity index is 0.00000578. The van der Waals surface area contributed by atoms with Crippen LogP contribution in [0.25, 0.3) is 0 Å². The van der Waals surface area contributed by atoms with Gasteiger partial charge in [-0.1, -0.05) is 38.3 Å². The fourth-order valence-corrected chi connectivity index (χ4v) is 3.48. The molecule has 1 radical (unpaired) electrons. The molecule has 1 aromatic carbocycles. The average molecular weight is 571 g/mol. The van der Waals surface area contributed by atoms with Crippen LogP contribution in [0, 0.1) is 6.92 Å². The van der Waals surface area contributed by atoms with Crippen molar-refractivity contribution in [2.45, 2.75) is 52.0 Å². The largest absolute Gasteiger partial charge is 2.00 e. The summed E-state index contributed by atoms with van der Waals surface area (Å²) in [5.41, 5.74) is -4.95. The van der Waals surface area contributed by atoms with Crippen LogP contribution >= 0.6 is 11.6 Å². The Hall–Kier alpha value is -1.95. The molecule has 2 rings (SSSR count). The molecular formula is C20H26ClCuF3N6O2S+2. The number of benzene rings is 1. The first kappa shape index (κ1) is 30.1. The second-order valence-corrected chi connectivity index (χ2v) is 9.30. The van der Waals surface area contributed by atoms with Crippen LogP contribution in [0.4, 0.5) is 36.1 Å². The van der Waals surface area contributed by atoms with Gasteiger partial charge in [-0.2, -0.15) is 21.6 Å². The van der Waals surface area contributed by atoms with Crippen molar-refractivity contribution >= 4 is 44.5 Å². The SMILES string of the molecule is CCCCN(CCCC)c1ccc(N=Nc2ncnc(C)c2Cl)c(NS(=O)(=O)C(F)(F)F)c1.[Cu+2]. The van der Waals surface area contributed by atoms with Crippen LogP contribution in [-0.2, 0) is 27.1 Å². The Bertz CT molecular complexity index is 1080. The molecule has 0 spiro atoms. The van der Waals surface area contributed by atoms with Gasteiger partial charge in [0.05, 0.1) is 11.4 Å². The Morgan fingerprint density at radius 1 is 1.09 bits per heavy atom. The van der Waals surface area contributed by atoms with Crippen molar-refractivity contribution in [2.75, 3.05) is 22.7 Å². The summed E-state index contributed by atoms with van der Waals surface area (Å²) in [6.07, 6.45) is 4.83. The average Bonchev–Trinajstić information content (AvgIpc) is 2.74. The number of nitrogens with one attached hydrogen (secondary N) is 1. The van der Waals surface area contributed by atoms with E-state index in [2.05, 4.69) is 20.2 Å². The maximum absolute atomic E-state index is 13.0. The quantitative estimate of drug-likeness (QED) is 0.245. The van der Waals surface area contributed by atoms with Crippen LogP contribution in [0.2, 0.25) is 5.02 Å². The summed E-state index contributed by atoms with van der Waals surface area (Å²) in [4.78, 5) is 9.78. The van der Waals surface area contributed by atoms with E-state index in [4.69, 9.17) is 11.6 Å². The summed E-state index contributed by atoms with van der Waals surface area (Å²) < 4.78 is 64.3. The first-order valence-corrected chi connectivity index (χ1v) is 12.2. The molecule has 0 saturated heterocycles. The van der Waals surface area contributed by atoms with Crippen LogP contribution < -0.4 is 9.62 Å². The maximum Gasteiger partial charge on any atom is 2.00 e. The maximum atomic E-state index is 13.0. The number of azo groups is 1. The van der Waals surface area contributed by atoms with Gasteiger partial charge in [0.1, 0.15) is 17.0 Å². The molecule has 0 bridgehead atoms. The number of sulfonamides is 1. The van der Waals surface area contributed by atoms with Crippen LogP contribution in [0.3, 0.4) is 0 Å². The number of halogens is 4. The molecule has 1 aromatic heterocycles. The molecule has 34 heavy (non-hydrogen) atoms. The van der Waals surface area contributed by atoms with Gasteiger partial charge in [0.25, 0.3) is 0 Å². The fraction of sp³-hybridized carbons (Fsp3) is 0.500. The first-order chi connectivity index (χ1) is 15.5. The molecule has 0 atom stereocenters. The van der Waals surface area contributed by atoms with Gasteiger partial charge < -0.3 is 4.90 Å². The zero-order valence-electron chi connectivity index (χ0n) is 18.8. The third kappa shape index (κ3) is 8.07. The topological polar surface area (TPSA) is 99.9 Å². The van der Waals surface area contributed by atoms with Gasteiger partial charge in [-0.25, -0.2) is 9.97 Å². The van der Waals surface area contributed by atoms with E-state index in [0.717, 1.165) is 25.7 Å². The number of hydrogen-bond donors (Lipinski definition) is 1. The van der Waals surface area contributed by atoms with E-state index in [1.165, 1.54) is 18.5 Å². The van der Waals surface area contributed by atoms with Gasteiger partial charge in [-0.05, 0) is 38.0 Å².